The van der Waals surface area contributed by atoms with Crippen LogP contribution in [-0.4, -0.2) is 32.8 Å². The summed E-state index contributed by atoms with van der Waals surface area (Å²) in [4.78, 5) is 2.60. The van der Waals surface area contributed by atoms with E-state index in [1.165, 1.54) is 18.5 Å². The SMILES string of the molecule is Cn1cccc1CN1C2CCC1CC(O)C2. The summed E-state index contributed by atoms with van der Waals surface area (Å²) in [5.74, 6) is 0. The summed E-state index contributed by atoms with van der Waals surface area (Å²) in [5, 5.41) is 9.76. The molecule has 2 unspecified atom stereocenters. The molecule has 0 aromatic carbocycles. The number of fused-ring (bicyclic) bond motifs is 2. The summed E-state index contributed by atoms with van der Waals surface area (Å²) < 4.78 is 2.20. The first-order valence-electron chi connectivity index (χ1n) is 6.28. The highest BCUT2D eigenvalue weighted by atomic mass is 16.3. The Hall–Kier alpha value is -0.800. The van der Waals surface area contributed by atoms with Gasteiger partial charge in [0.05, 0.1) is 6.10 Å². The maximum absolute atomic E-state index is 9.76. The second-order valence-electron chi connectivity index (χ2n) is 5.29. The Kier molecular flexibility index (Phi) is 2.52. The molecule has 16 heavy (non-hydrogen) atoms. The summed E-state index contributed by atoms with van der Waals surface area (Å²) in [7, 11) is 2.11. The lowest BCUT2D eigenvalue weighted by atomic mass is 10.00. The van der Waals surface area contributed by atoms with E-state index < -0.39 is 0 Å². The Bertz CT molecular complexity index is 360. The molecule has 1 N–H and O–H groups in total. The number of hydrogen-bond donors (Lipinski definition) is 1. The van der Waals surface area contributed by atoms with Gasteiger partial charge in [0.15, 0.2) is 0 Å². The molecular formula is C13H20N2O. The maximum atomic E-state index is 9.76. The van der Waals surface area contributed by atoms with E-state index in [-0.39, 0.29) is 6.10 Å². The molecule has 1 aromatic rings. The molecule has 2 aliphatic rings. The minimum atomic E-state index is -0.0536. The van der Waals surface area contributed by atoms with Gasteiger partial charge in [0, 0.05) is 37.6 Å². The van der Waals surface area contributed by atoms with Gasteiger partial charge in [0.25, 0.3) is 0 Å². The fourth-order valence-electron chi connectivity index (χ4n) is 3.35. The van der Waals surface area contributed by atoms with E-state index in [2.05, 4.69) is 34.8 Å². The number of aliphatic hydroxyl groups excluding tert-OH is 1. The lowest BCUT2D eigenvalue weighted by molar-refractivity contribution is 0.0299. The number of rotatable bonds is 2. The monoisotopic (exact) mass is 220 g/mol. The van der Waals surface area contributed by atoms with Crippen molar-refractivity contribution in [2.24, 2.45) is 7.05 Å². The fourth-order valence-corrected chi connectivity index (χ4v) is 3.35. The van der Waals surface area contributed by atoms with E-state index in [0.29, 0.717) is 12.1 Å². The molecule has 0 amide bonds. The normalized spacial score (nSPS) is 34.5. The second kappa shape index (κ2) is 3.90. The first-order chi connectivity index (χ1) is 7.74. The lowest BCUT2D eigenvalue weighted by Crippen LogP contribution is -2.44. The van der Waals surface area contributed by atoms with Crippen molar-refractivity contribution < 1.29 is 5.11 Å². The summed E-state index contributed by atoms with van der Waals surface area (Å²) in [6, 6.07) is 5.54. The van der Waals surface area contributed by atoms with Gasteiger partial charge in [-0.1, -0.05) is 0 Å². The van der Waals surface area contributed by atoms with Gasteiger partial charge >= 0.3 is 0 Å². The van der Waals surface area contributed by atoms with Gasteiger partial charge in [0.2, 0.25) is 0 Å². The molecule has 88 valence electrons. The van der Waals surface area contributed by atoms with Crippen LogP contribution in [0.5, 0.6) is 0 Å². The Morgan fingerprint density at radius 2 is 2.00 bits per heavy atom. The molecule has 3 heteroatoms. The summed E-state index contributed by atoms with van der Waals surface area (Å²) >= 11 is 0. The molecule has 0 aliphatic carbocycles. The van der Waals surface area contributed by atoms with Gasteiger partial charge in [-0.05, 0) is 37.8 Å². The number of aryl methyl sites for hydroxylation is 1. The Morgan fingerprint density at radius 3 is 2.56 bits per heavy atom. The van der Waals surface area contributed by atoms with Crippen molar-refractivity contribution in [1.82, 2.24) is 9.47 Å². The van der Waals surface area contributed by atoms with Crippen LogP contribution < -0.4 is 0 Å². The molecule has 1 aromatic heterocycles. The zero-order chi connectivity index (χ0) is 11.1. The zero-order valence-corrected chi connectivity index (χ0v) is 9.84. The minimum Gasteiger partial charge on any atom is -0.393 e. The van der Waals surface area contributed by atoms with Gasteiger partial charge in [-0.2, -0.15) is 0 Å². The van der Waals surface area contributed by atoms with E-state index >= 15 is 0 Å². The van der Waals surface area contributed by atoms with Crippen LogP contribution >= 0.6 is 0 Å². The number of aromatic nitrogens is 1. The maximum Gasteiger partial charge on any atom is 0.0570 e. The van der Waals surface area contributed by atoms with Gasteiger partial charge in [-0.25, -0.2) is 0 Å². The average molecular weight is 220 g/mol. The molecule has 3 nitrogen and oxygen atoms in total. The van der Waals surface area contributed by atoms with Crippen molar-refractivity contribution in [2.45, 2.75) is 50.4 Å². The van der Waals surface area contributed by atoms with Crippen molar-refractivity contribution in [3.63, 3.8) is 0 Å². The molecule has 3 heterocycles. The molecule has 2 bridgehead atoms. The number of piperidine rings is 1. The van der Waals surface area contributed by atoms with Crippen LogP contribution in [0.4, 0.5) is 0 Å². The molecule has 0 spiro atoms. The van der Waals surface area contributed by atoms with Crippen molar-refractivity contribution in [1.29, 1.82) is 0 Å². The van der Waals surface area contributed by atoms with Crippen LogP contribution in [0, 0.1) is 0 Å². The fraction of sp³-hybridized carbons (Fsp3) is 0.692. The first kappa shape index (κ1) is 10.4. The Labute approximate surface area is 96.7 Å². The van der Waals surface area contributed by atoms with Gasteiger partial charge < -0.3 is 9.67 Å². The Balaban J connectivity index is 1.75. The van der Waals surface area contributed by atoms with E-state index in [9.17, 15) is 5.11 Å². The van der Waals surface area contributed by atoms with Crippen molar-refractivity contribution in [3.05, 3.63) is 24.0 Å². The topological polar surface area (TPSA) is 28.4 Å². The standard InChI is InChI=1S/C13H20N2O/c1-14-6-2-3-12(14)9-15-10-4-5-11(15)8-13(16)7-10/h2-3,6,10-11,13,16H,4-5,7-9H2,1H3. The highest BCUT2D eigenvalue weighted by Crippen LogP contribution is 2.36. The zero-order valence-electron chi connectivity index (χ0n) is 9.84. The van der Waals surface area contributed by atoms with Crippen LogP contribution in [0.15, 0.2) is 18.3 Å². The summed E-state index contributed by atoms with van der Waals surface area (Å²) in [5.41, 5.74) is 1.38. The molecule has 3 rings (SSSR count). The third-order valence-electron chi connectivity index (χ3n) is 4.26. The van der Waals surface area contributed by atoms with Crippen molar-refractivity contribution >= 4 is 0 Å². The largest absolute Gasteiger partial charge is 0.393 e. The van der Waals surface area contributed by atoms with Crippen LogP contribution in [0.2, 0.25) is 0 Å². The van der Waals surface area contributed by atoms with Crippen LogP contribution in [0.1, 0.15) is 31.4 Å². The van der Waals surface area contributed by atoms with Crippen LogP contribution in [0.3, 0.4) is 0 Å². The molecule has 2 fully saturated rings. The van der Waals surface area contributed by atoms with E-state index in [4.69, 9.17) is 0 Å². The van der Waals surface area contributed by atoms with Crippen LogP contribution in [0.25, 0.3) is 0 Å². The quantitative estimate of drug-likeness (QED) is 0.818. The molecule has 0 radical (unpaired) electrons. The molecule has 2 atom stereocenters. The Morgan fingerprint density at radius 1 is 1.31 bits per heavy atom. The number of hydrogen-bond acceptors (Lipinski definition) is 2. The lowest BCUT2D eigenvalue weighted by Gasteiger charge is -2.37. The third-order valence-corrected chi connectivity index (χ3v) is 4.26. The predicted molar refractivity (Wildman–Crippen MR) is 63.0 cm³/mol. The minimum absolute atomic E-state index is 0.0536. The van der Waals surface area contributed by atoms with Gasteiger partial charge in [0.1, 0.15) is 0 Å². The van der Waals surface area contributed by atoms with E-state index in [1.807, 2.05) is 0 Å². The highest BCUT2D eigenvalue weighted by Gasteiger charge is 2.39. The highest BCUT2D eigenvalue weighted by molar-refractivity contribution is 5.08. The number of aliphatic hydroxyl groups is 1. The molecule has 2 saturated heterocycles. The van der Waals surface area contributed by atoms with Gasteiger partial charge in [-0.3, -0.25) is 4.90 Å². The predicted octanol–water partition coefficient (Wildman–Crippen LogP) is 1.51. The van der Waals surface area contributed by atoms with E-state index in [1.54, 1.807) is 0 Å². The van der Waals surface area contributed by atoms with E-state index in [0.717, 1.165) is 19.4 Å². The molecular weight excluding hydrogens is 200 g/mol. The molecule has 2 aliphatic heterocycles. The average Bonchev–Trinajstić information content (AvgIpc) is 2.73. The number of nitrogens with zero attached hydrogens (tertiary/aromatic N) is 2. The summed E-state index contributed by atoms with van der Waals surface area (Å²) in [6.45, 7) is 1.05. The van der Waals surface area contributed by atoms with Crippen molar-refractivity contribution in [2.75, 3.05) is 0 Å². The smallest absolute Gasteiger partial charge is 0.0570 e. The second-order valence-corrected chi connectivity index (χ2v) is 5.29. The van der Waals surface area contributed by atoms with Crippen LogP contribution in [-0.2, 0) is 13.6 Å². The third kappa shape index (κ3) is 1.68. The molecule has 0 saturated carbocycles. The van der Waals surface area contributed by atoms with Crippen molar-refractivity contribution in [3.8, 4) is 0 Å². The first-order valence-corrected chi connectivity index (χ1v) is 6.28. The van der Waals surface area contributed by atoms with Gasteiger partial charge in [-0.15, -0.1) is 0 Å². The summed E-state index contributed by atoms with van der Waals surface area (Å²) in [6.07, 6.45) is 6.54.